The molecule has 1 saturated heterocycles. The van der Waals surface area contributed by atoms with Gasteiger partial charge < -0.3 is 10.2 Å². The molecule has 0 aliphatic carbocycles. The normalized spacial score (nSPS) is 17.6. The van der Waals surface area contributed by atoms with Crippen molar-refractivity contribution in [3.63, 3.8) is 0 Å². The smallest absolute Gasteiger partial charge is 0.232 e. The molecule has 1 aliphatic heterocycles. The minimum Gasteiger partial charge on any atom is -0.341 e. The number of nitrogens with zero attached hydrogens (tertiary/aromatic N) is 1. The molecule has 3 nitrogen and oxygen atoms in total. The summed E-state index contributed by atoms with van der Waals surface area (Å²) in [5.74, 6) is 0.905. The van der Waals surface area contributed by atoms with Crippen LogP contribution in [0.3, 0.4) is 0 Å². The summed E-state index contributed by atoms with van der Waals surface area (Å²) in [7, 11) is 0. The molecule has 0 radical (unpaired) electrons. The number of nitrogens with one attached hydrogen (secondary N) is 1. The van der Waals surface area contributed by atoms with Crippen LogP contribution in [0.4, 0.5) is 0 Å². The number of carbonyl (C=O) groups is 1. The summed E-state index contributed by atoms with van der Waals surface area (Å²) >= 11 is 1.73. The minimum absolute atomic E-state index is 0. The van der Waals surface area contributed by atoms with Gasteiger partial charge in [0.05, 0.1) is 5.75 Å². The maximum absolute atomic E-state index is 11.9. The molecular weight excluding hydrogens is 244 g/mol. The molecule has 16 heavy (non-hydrogen) atoms. The number of carbonyl (C=O) groups excluding carboxylic acids is 1. The van der Waals surface area contributed by atoms with Crippen LogP contribution < -0.4 is 5.32 Å². The van der Waals surface area contributed by atoms with Gasteiger partial charge in [0.25, 0.3) is 0 Å². The van der Waals surface area contributed by atoms with Crippen molar-refractivity contribution in [3.8, 4) is 0 Å². The lowest BCUT2D eigenvalue weighted by Gasteiger charge is -2.23. The molecule has 5 heteroatoms. The second-order valence-electron chi connectivity index (χ2n) is 4.89. The standard InChI is InChI=1S/C11H22N2OS.ClH/c1-11(2,3)15-9-10(14)13-7-4-5-12-6-8-13;/h12H,4-9H2,1-3H3;1H. The van der Waals surface area contributed by atoms with Crippen molar-refractivity contribution in [1.82, 2.24) is 10.2 Å². The molecule has 0 aromatic heterocycles. The van der Waals surface area contributed by atoms with Crippen LogP contribution in [0.5, 0.6) is 0 Å². The van der Waals surface area contributed by atoms with Gasteiger partial charge in [-0.2, -0.15) is 0 Å². The lowest BCUT2D eigenvalue weighted by Crippen LogP contribution is -2.36. The minimum atomic E-state index is 0. The van der Waals surface area contributed by atoms with Crippen molar-refractivity contribution in [1.29, 1.82) is 0 Å². The Bertz CT molecular complexity index is 211. The highest BCUT2D eigenvalue weighted by Gasteiger charge is 2.18. The lowest BCUT2D eigenvalue weighted by molar-refractivity contribution is -0.128. The summed E-state index contributed by atoms with van der Waals surface area (Å²) in [6.07, 6.45) is 1.08. The fourth-order valence-corrected chi connectivity index (χ4v) is 2.20. The fourth-order valence-electron chi connectivity index (χ4n) is 1.46. The van der Waals surface area contributed by atoms with E-state index in [1.807, 2.05) is 4.90 Å². The van der Waals surface area contributed by atoms with Crippen molar-refractivity contribution in [2.75, 3.05) is 31.9 Å². The maximum Gasteiger partial charge on any atom is 0.232 e. The van der Waals surface area contributed by atoms with E-state index in [0.717, 1.165) is 32.6 Å². The summed E-state index contributed by atoms with van der Waals surface area (Å²) in [5.41, 5.74) is 0. The van der Waals surface area contributed by atoms with Crippen LogP contribution in [-0.4, -0.2) is 47.5 Å². The number of rotatable bonds is 2. The van der Waals surface area contributed by atoms with E-state index in [1.54, 1.807) is 11.8 Å². The summed E-state index contributed by atoms with van der Waals surface area (Å²) in [6.45, 7) is 10.2. The van der Waals surface area contributed by atoms with E-state index < -0.39 is 0 Å². The number of halogens is 1. The predicted molar refractivity (Wildman–Crippen MR) is 73.5 cm³/mol. The zero-order chi connectivity index (χ0) is 11.3. The highest BCUT2D eigenvalue weighted by Crippen LogP contribution is 2.23. The average Bonchev–Trinajstić information content (AvgIpc) is 2.41. The number of amides is 1. The Hall–Kier alpha value is 0.0700. The molecule has 1 N–H and O–H groups in total. The first-order valence-electron chi connectivity index (χ1n) is 5.61. The highest BCUT2D eigenvalue weighted by atomic mass is 35.5. The molecule has 1 fully saturated rings. The second-order valence-corrected chi connectivity index (χ2v) is 6.69. The summed E-state index contributed by atoms with van der Waals surface area (Å²) in [4.78, 5) is 13.9. The van der Waals surface area contributed by atoms with Crippen molar-refractivity contribution in [2.24, 2.45) is 0 Å². The third kappa shape index (κ3) is 6.61. The van der Waals surface area contributed by atoms with Crippen LogP contribution >= 0.6 is 24.2 Å². The van der Waals surface area contributed by atoms with Crippen LogP contribution in [0.2, 0.25) is 0 Å². The monoisotopic (exact) mass is 266 g/mol. The van der Waals surface area contributed by atoms with Gasteiger partial charge in [-0.25, -0.2) is 0 Å². The molecule has 0 aromatic carbocycles. The molecule has 1 rings (SSSR count). The first-order chi connectivity index (χ1) is 6.99. The molecule has 0 atom stereocenters. The molecule has 1 aliphatic rings. The molecule has 96 valence electrons. The first kappa shape index (κ1) is 16.1. The summed E-state index contributed by atoms with van der Waals surface area (Å²) in [5, 5.41) is 3.30. The molecule has 0 bridgehead atoms. The Morgan fingerprint density at radius 1 is 1.31 bits per heavy atom. The summed E-state index contributed by atoms with van der Waals surface area (Å²) < 4.78 is 0.180. The van der Waals surface area contributed by atoms with Crippen LogP contribution in [0.15, 0.2) is 0 Å². The fraction of sp³-hybridized carbons (Fsp3) is 0.909. The molecule has 0 saturated carbocycles. The molecule has 0 aromatic rings. The van der Waals surface area contributed by atoms with Crippen molar-refractivity contribution in [2.45, 2.75) is 31.9 Å². The van der Waals surface area contributed by atoms with E-state index in [4.69, 9.17) is 0 Å². The Morgan fingerprint density at radius 2 is 2.00 bits per heavy atom. The molecule has 0 spiro atoms. The molecular formula is C11H23ClN2OS. The molecule has 1 heterocycles. The zero-order valence-electron chi connectivity index (χ0n) is 10.4. The van der Waals surface area contributed by atoms with Crippen molar-refractivity contribution >= 4 is 30.1 Å². The topological polar surface area (TPSA) is 32.3 Å². The maximum atomic E-state index is 11.9. The van der Waals surface area contributed by atoms with Gasteiger partial charge in [0.1, 0.15) is 0 Å². The Labute approximate surface area is 109 Å². The van der Waals surface area contributed by atoms with Gasteiger partial charge in [-0.15, -0.1) is 24.2 Å². The molecule has 1 amide bonds. The zero-order valence-corrected chi connectivity index (χ0v) is 12.0. The van der Waals surface area contributed by atoms with Crippen molar-refractivity contribution in [3.05, 3.63) is 0 Å². The van der Waals surface area contributed by atoms with Gasteiger partial charge in [0, 0.05) is 24.4 Å². The largest absolute Gasteiger partial charge is 0.341 e. The highest BCUT2D eigenvalue weighted by molar-refractivity contribution is 8.01. The van der Waals surface area contributed by atoms with Crippen LogP contribution in [0.25, 0.3) is 0 Å². The molecule has 0 unspecified atom stereocenters. The lowest BCUT2D eigenvalue weighted by atomic mass is 10.3. The second kappa shape index (κ2) is 7.41. The van der Waals surface area contributed by atoms with Gasteiger partial charge >= 0.3 is 0 Å². The van der Waals surface area contributed by atoms with E-state index >= 15 is 0 Å². The SMILES string of the molecule is CC(C)(C)SCC(=O)N1CCCNCC1.Cl. The Morgan fingerprint density at radius 3 is 2.62 bits per heavy atom. The van der Waals surface area contributed by atoms with E-state index in [9.17, 15) is 4.79 Å². The third-order valence-electron chi connectivity index (χ3n) is 2.32. The van der Waals surface area contributed by atoms with E-state index in [2.05, 4.69) is 26.1 Å². The number of hydrogen-bond donors (Lipinski definition) is 1. The van der Waals surface area contributed by atoms with E-state index in [-0.39, 0.29) is 17.2 Å². The third-order valence-corrected chi connectivity index (χ3v) is 3.58. The Balaban J connectivity index is 0.00000225. The van der Waals surface area contributed by atoms with Crippen LogP contribution in [0.1, 0.15) is 27.2 Å². The van der Waals surface area contributed by atoms with Gasteiger partial charge in [-0.3, -0.25) is 4.79 Å². The van der Waals surface area contributed by atoms with E-state index in [0.29, 0.717) is 11.7 Å². The van der Waals surface area contributed by atoms with Crippen LogP contribution in [-0.2, 0) is 4.79 Å². The van der Waals surface area contributed by atoms with Crippen molar-refractivity contribution < 1.29 is 4.79 Å². The Kier molecular flexibility index (Phi) is 7.44. The predicted octanol–water partition coefficient (Wildman–Crippen LogP) is 1.76. The van der Waals surface area contributed by atoms with Gasteiger partial charge in [-0.05, 0) is 13.0 Å². The quantitative estimate of drug-likeness (QED) is 0.827. The number of hydrogen-bond acceptors (Lipinski definition) is 3. The van der Waals surface area contributed by atoms with Gasteiger partial charge in [0.2, 0.25) is 5.91 Å². The summed E-state index contributed by atoms with van der Waals surface area (Å²) in [6, 6.07) is 0. The van der Waals surface area contributed by atoms with E-state index in [1.165, 1.54) is 0 Å². The van der Waals surface area contributed by atoms with Crippen LogP contribution in [0, 0.1) is 0 Å². The first-order valence-corrected chi connectivity index (χ1v) is 6.60. The number of thioether (sulfide) groups is 1. The van der Waals surface area contributed by atoms with Gasteiger partial charge in [-0.1, -0.05) is 20.8 Å². The average molecular weight is 267 g/mol. The van der Waals surface area contributed by atoms with Gasteiger partial charge in [0.15, 0.2) is 0 Å².